The normalized spacial score (nSPS) is 13.8. The first-order valence-electron chi connectivity index (χ1n) is 5.00. The van der Waals surface area contributed by atoms with E-state index in [0.29, 0.717) is 5.04 Å². The topological polar surface area (TPSA) is 3.24 Å². The molecule has 1 nitrogen and oxygen atoms in total. The maximum absolute atomic E-state index is 5.70. The smallest absolute Gasteiger partial charge is 0.127 e. The van der Waals surface area contributed by atoms with Crippen LogP contribution < -0.4 is 0 Å². The van der Waals surface area contributed by atoms with Crippen LogP contribution in [0.3, 0.4) is 0 Å². The molecule has 0 atom stereocenters. The molecule has 0 aromatic heterocycles. The fourth-order valence-electron chi connectivity index (χ4n) is 1.15. The van der Waals surface area contributed by atoms with Crippen LogP contribution in [0.2, 0.25) is 18.1 Å². The lowest BCUT2D eigenvalue weighted by Gasteiger charge is -2.44. The van der Waals surface area contributed by atoms with Gasteiger partial charge in [-0.3, -0.25) is 0 Å². The van der Waals surface area contributed by atoms with E-state index in [1.54, 1.807) is 0 Å². The second-order valence-corrected chi connectivity index (χ2v) is 11.0. The zero-order valence-electron chi connectivity index (χ0n) is 9.95. The number of hydrogen-bond acceptors (Lipinski definition) is 1. The molecule has 0 aromatic carbocycles. The summed E-state index contributed by atoms with van der Waals surface area (Å²) in [5.74, 6) is 0.777. The van der Waals surface area contributed by atoms with Gasteiger partial charge in [-0.05, 0) is 25.1 Å². The quantitative estimate of drug-likeness (QED) is 0.519. The second-order valence-electron chi connectivity index (χ2n) is 5.27. The fraction of sp³-hybridized carbons (Fsp3) is 1.00. The standard InChI is InChI=1S/C10H24ClNSi/c1-10(2,3)13(5,6)12(4)9-7-8-11/h7-9H2,1-6H3. The molecule has 0 saturated heterocycles. The van der Waals surface area contributed by atoms with Gasteiger partial charge in [-0.2, -0.15) is 0 Å². The molecule has 0 rings (SSSR count). The van der Waals surface area contributed by atoms with E-state index in [-0.39, 0.29) is 0 Å². The van der Waals surface area contributed by atoms with Crippen LogP contribution in [0.15, 0.2) is 0 Å². The van der Waals surface area contributed by atoms with Crippen molar-refractivity contribution in [3.8, 4) is 0 Å². The molecule has 0 aromatic rings. The number of alkyl halides is 1. The van der Waals surface area contributed by atoms with E-state index in [2.05, 4.69) is 45.5 Å². The summed E-state index contributed by atoms with van der Waals surface area (Å²) >= 11 is 5.70. The number of nitrogens with zero attached hydrogens (tertiary/aromatic N) is 1. The van der Waals surface area contributed by atoms with Gasteiger partial charge < -0.3 is 4.57 Å². The van der Waals surface area contributed by atoms with Crippen molar-refractivity contribution in [1.82, 2.24) is 4.57 Å². The Balaban J connectivity index is 4.27. The summed E-state index contributed by atoms with van der Waals surface area (Å²) in [6.45, 7) is 13.0. The van der Waals surface area contributed by atoms with Crippen LogP contribution in [-0.4, -0.2) is 32.3 Å². The highest BCUT2D eigenvalue weighted by Crippen LogP contribution is 2.37. The van der Waals surface area contributed by atoms with Gasteiger partial charge in [-0.15, -0.1) is 11.6 Å². The molecule has 0 spiro atoms. The van der Waals surface area contributed by atoms with Crippen molar-refractivity contribution in [2.75, 3.05) is 19.5 Å². The summed E-state index contributed by atoms with van der Waals surface area (Å²) in [4.78, 5) is 0. The van der Waals surface area contributed by atoms with Gasteiger partial charge in [0.2, 0.25) is 0 Å². The molecule has 13 heavy (non-hydrogen) atoms. The van der Waals surface area contributed by atoms with E-state index in [1.165, 1.54) is 0 Å². The third kappa shape index (κ3) is 3.60. The van der Waals surface area contributed by atoms with Gasteiger partial charge in [-0.1, -0.05) is 33.9 Å². The molecule has 0 amide bonds. The zero-order valence-corrected chi connectivity index (χ0v) is 11.7. The van der Waals surface area contributed by atoms with Crippen LogP contribution in [-0.2, 0) is 0 Å². The summed E-state index contributed by atoms with van der Waals surface area (Å²) in [5.41, 5.74) is 0. The second kappa shape index (κ2) is 4.81. The third-order valence-electron chi connectivity index (χ3n) is 3.42. The summed E-state index contributed by atoms with van der Waals surface area (Å²) in [6, 6.07) is 0. The minimum absolute atomic E-state index is 0.439. The Morgan fingerprint density at radius 1 is 1.23 bits per heavy atom. The first kappa shape index (κ1) is 13.5. The van der Waals surface area contributed by atoms with E-state index in [4.69, 9.17) is 11.6 Å². The van der Waals surface area contributed by atoms with E-state index >= 15 is 0 Å². The lowest BCUT2D eigenvalue weighted by atomic mass is 10.2. The Labute approximate surface area is 89.5 Å². The van der Waals surface area contributed by atoms with Crippen LogP contribution in [0, 0.1) is 0 Å². The SMILES string of the molecule is CN(CCCCl)[Si](C)(C)C(C)(C)C. The van der Waals surface area contributed by atoms with E-state index in [9.17, 15) is 0 Å². The lowest BCUT2D eigenvalue weighted by molar-refractivity contribution is 0.468. The monoisotopic (exact) mass is 221 g/mol. The molecule has 0 unspecified atom stereocenters. The van der Waals surface area contributed by atoms with Crippen LogP contribution in [0.5, 0.6) is 0 Å². The zero-order chi connectivity index (χ0) is 10.7. The molecule has 0 saturated carbocycles. The first-order valence-corrected chi connectivity index (χ1v) is 8.49. The Hall–Kier alpha value is 0.467. The average molecular weight is 222 g/mol. The van der Waals surface area contributed by atoms with Crippen molar-refractivity contribution >= 4 is 19.8 Å². The molecule has 0 aliphatic carbocycles. The largest absolute Gasteiger partial charge is 0.326 e. The molecule has 0 aliphatic rings. The molecule has 0 fully saturated rings. The summed E-state index contributed by atoms with van der Waals surface area (Å²) in [7, 11) is 0.969. The highest BCUT2D eigenvalue weighted by atomic mass is 35.5. The van der Waals surface area contributed by atoms with Crippen molar-refractivity contribution < 1.29 is 0 Å². The lowest BCUT2D eigenvalue weighted by Crippen LogP contribution is -2.53. The molecule has 0 N–H and O–H groups in total. The molecule has 0 heterocycles. The Morgan fingerprint density at radius 2 is 1.69 bits per heavy atom. The van der Waals surface area contributed by atoms with Crippen molar-refractivity contribution in [1.29, 1.82) is 0 Å². The van der Waals surface area contributed by atoms with Gasteiger partial charge in [0, 0.05) is 5.88 Å². The maximum atomic E-state index is 5.70. The Kier molecular flexibility index (Phi) is 4.98. The van der Waals surface area contributed by atoms with Gasteiger partial charge in [0.05, 0.1) is 0 Å². The maximum Gasteiger partial charge on any atom is 0.127 e. The number of halogens is 1. The molecule has 80 valence electrons. The van der Waals surface area contributed by atoms with Gasteiger partial charge >= 0.3 is 0 Å². The Bertz CT molecular complexity index is 151. The van der Waals surface area contributed by atoms with E-state index in [0.717, 1.165) is 18.8 Å². The van der Waals surface area contributed by atoms with Gasteiger partial charge in [-0.25, -0.2) is 0 Å². The first-order chi connectivity index (χ1) is 5.73. The minimum atomic E-state index is -1.27. The van der Waals surface area contributed by atoms with Crippen LogP contribution in [0.1, 0.15) is 27.2 Å². The van der Waals surface area contributed by atoms with Crippen molar-refractivity contribution in [3.05, 3.63) is 0 Å². The van der Waals surface area contributed by atoms with E-state index < -0.39 is 8.24 Å². The van der Waals surface area contributed by atoms with Gasteiger partial charge in [0.15, 0.2) is 0 Å². The predicted molar refractivity (Wildman–Crippen MR) is 65.2 cm³/mol. The highest BCUT2D eigenvalue weighted by molar-refractivity contribution is 6.77. The van der Waals surface area contributed by atoms with E-state index in [1.807, 2.05) is 0 Å². The minimum Gasteiger partial charge on any atom is -0.326 e. The number of rotatable bonds is 4. The summed E-state index contributed by atoms with van der Waals surface area (Å²) in [5, 5.41) is 0.439. The van der Waals surface area contributed by atoms with Crippen LogP contribution in [0.4, 0.5) is 0 Å². The van der Waals surface area contributed by atoms with Crippen LogP contribution in [0.25, 0.3) is 0 Å². The molecular formula is C10H24ClNSi. The Morgan fingerprint density at radius 3 is 2.00 bits per heavy atom. The average Bonchev–Trinajstić information content (AvgIpc) is 1.97. The predicted octanol–water partition coefficient (Wildman–Crippen LogP) is 3.55. The highest BCUT2D eigenvalue weighted by Gasteiger charge is 2.38. The molecule has 0 bridgehead atoms. The van der Waals surface area contributed by atoms with Gasteiger partial charge in [0.1, 0.15) is 8.24 Å². The fourth-order valence-corrected chi connectivity index (χ4v) is 3.13. The third-order valence-corrected chi connectivity index (χ3v) is 9.49. The summed E-state index contributed by atoms with van der Waals surface area (Å²) < 4.78 is 2.54. The van der Waals surface area contributed by atoms with Crippen molar-refractivity contribution in [3.63, 3.8) is 0 Å². The van der Waals surface area contributed by atoms with Crippen molar-refractivity contribution in [2.45, 2.75) is 45.3 Å². The summed E-state index contributed by atoms with van der Waals surface area (Å²) in [6.07, 6.45) is 1.10. The molecular weight excluding hydrogens is 198 g/mol. The van der Waals surface area contributed by atoms with Gasteiger partial charge in [0.25, 0.3) is 0 Å². The molecule has 3 heteroatoms. The number of hydrogen-bond donors (Lipinski definition) is 0. The molecule has 0 radical (unpaired) electrons. The molecule has 0 aliphatic heterocycles. The van der Waals surface area contributed by atoms with Crippen LogP contribution >= 0.6 is 11.6 Å². The van der Waals surface area contributed by atoms with Crippen molar-refractivity contribution in [2.24, 2.45) is 0 Å².